The predicted octanol–water partition coefficient (Wildman–Crippen LogP) is 4.49. The molecule has 0 saturated carbocycles. The van der Waals surface area contributed by atoms with Crippen LogP contribution in [0.15, 0.2) is 54.6 Å². The molecule has 1 heterocycles. The van der Waals surface area contributed by atoms with Crippen LogP contribution in [-0.4, -0.2) is 35.7 Å². The van der Waals surface area contributed by atoms with Gasteiger partial charge in [0, 0.05) is 35.5 Å². The van der Waals surface area contributed by atoms with Crippen molar-refractivity contribution < 1.29 is 22.6 Å². The summed E-state index contributed by atoms with van der Waals surface area (Å²) in [5, 5.41) is 5.34. The van der Waals surface area contributed by atoms with Gasteiger partial charge in [-0.1, -0.05) is 30.3 Å². The maximum Gasteiger partial charge on any atom is 0.213 e. The van der Waals surface area contributed by atoms with Gasteiger partial charge in [0.25, 0.3) is 0 Å². The van der Waals surface area contributed by atoms with Gasteiger partial charge in [0.1, 0.15) is 11.9 Å². The minimum Gasteiger partial charge on any atom is -0.493 e. The average Bonchev–Trinajstić information content (AvgIpc) is 2.82. The van der Waals surface area contributed by atoms with E-state index in [1.165, 1.54) is 0 Å². The highest BCUT2D eigenvalue weighted by molar-refractivity contribution is 7.88. The molecule has 7 nitrogen and oxygen atoms in total. The Labute approximate surface area is 201 Å². The Morgan fingerprint density at radius 2 is 1.71 bits per heavy atom. The molecule has 34 heavy (non-hydrogen) atoms. The lowest BCUT2D eigenvalue weighted by Crippen LogP contribution is -2.24. The van der Waals surface area contributed by atoms with Crippen LogP contribution in [0, 0.1) is 0 Å². The summed E-state index contributed by atoms with van der Waals surface area (Å²) in [7, 11) is -0.499. The van der Waals surface area contributed by atoms with E-state index in [4.69, 9.17) is 19.3 Å². The SMILES string of the molecule is CCN(CC)c1cccc2c1-c1ccc(CS(N)(=O)=O)cc1C(c1ccc(OC)c(OC)c1)O2. The van der Waals surface area contributed by atoms with Gasteiger partial charge >= 0.3 is 0 Å². The molecule has 0 spiro atoms. The zero-order valence-corrected chi connectivity index (χ0v) is 20.7. The van der Waals surface area contributed by atoms with Gasteiger partial charge in [0.15, 0.2) is 11.5 Å². The number of anilines is 1. The topological polar surface area (TPSA) is 91.1 Å². The number of methoxy groups -OCH3 is 2. The van der Waals surface area contributed by atoms with Gasteiger partial charge < -0.3 is 19.1 Å². The molecule has 0 aromatic heterocycles. The number of nitrogens with two attached hydrogens (primary N) is 1. The number of ether oxygens (including phenoxy) is 3. The summed E-state index contributed by atoms with van der Waals surface area (Å²) in [5.41, 5.74) is 5.43. The minimum atomic E-state index is -3.68. The molecule has 0 bridgehead atoms. The number of rotatable bonds is 8. The quantitative estimate of drug-likeness (QED) is 0.509. The minimum absolute atomic E-state index is 0.247. The van der Waals surface area contributed by atoms with E-state index >= 15 is 0 Å². The highest BCUT2D eigenvalue weighted by atomic mass is 32.2. The molecule has 8 heteroatoms. The fourth-order valence-electron chi connectivity index (χ4n) is 4.55. The zero-order chi connectivity index (χ0) is 24.5. The largest absolute Gasteiger partial charge is 0.493 e. The summed E-state index contributed by atoms with van der Waals surface area (Å²) >= 11 is 0. The van der Waals surface area contributed by atoms with Gasteiger partial charge in [-0.25, -0.2) is 13.6 Å². The van der Waals surface area contributed by atoms with Crippen LogP contribution in [0.2, 0.25) is 0 Å². The second kappa shape index (κ2) is 9.56. The molecule has 180 valence electrons. The Morgan fingerprint density at radius 1 is 0.971 bits per heavy atom. The second-order valence-electron chi connectivity index (χ2n) is 8.16. The summed E-state index contributed by atoms with van der Waals surface area (Å²) in [5.74, 6) is 1.74. The van der Waals surface area contributed by atoms with Crippen molar-refractivity contribution in [3.8, 4) is 28.4 Å². The second-order valence-corrected chi connectivity index (χ2v) is 9.78. The van der Waals surface area contributed by atoms with Gasteiger partial charge in [-0.05, 0) is 49.2 Å². The zero-order valence-electron chi connectivity index (χ0n) is 19.9. The molecule has 2 N–H and O–H groups in total. The molecule has 3 aromatic rings. The fraction of sp³-hybridized carbons (Fsp3) is 0.308. The Morgan fingerprint density at radius 3 is 2.35 bits per heavy atom. The summed E-state index contributed by atoms with van der Waals surface area (Å²) < 4.78 is 41.1. The van der Waals surface area contributed by atoms with Crippen LogP contribution < -0.4 is 24.2 Å². The molecule has 1 aliphatic rings. The summed E-state index contributed by atoms with van der Waals surface area (Å²) in [6, 6.07) is 17.4. The molecular weight excluding hydrogens is 452 g/mol. The molecule has 1 aliphatic heterocycles. The lowest BCUT2D eigenvalue weighted by molar-refractivity contribution is 0.242. The summed E-state index contributed by atoms with van der Waals surface area (Å²) in [4.78, 5) is 2.28. The first-order valence-corrected chi connectivity index (χ1v) is 12.9. The monoisotopic (exact) mass is 482 g/mol. The van der Waals surface area contributed by atoms with Crippen LogP contribution >= 0.6 is 0 Å². The van der Waals surface area contributed by atoms with E-state index in [-0.39, 0.29) is 5.75 Å². The lowest BCUT2D eigenvalue weighted by atomic mass is 9.87. The van der Waals surface area contributed by atoms with E-state index in [1.807, 2.05) is 48.5 Å². The Balaban J connectivity index is 1.93. The predicted molar refractivity (Wildman–Crippen MR) is 134 cm³/mol. The van der Waals surface area contributed by atoms with Crippen molar-refractivity contribution in [2.45, 2.75) is 25.7 Å². The Hall–Kier alpha value is -3.23. The van der Waals surface area contributed by atoms with E-state index in [2.05, 4.69) is 24.8 Å². The first-order chi connectivity index (χ1) is 16.3. The summed E-state index contributed by atoms with van der Waals surface area (Å²) in [6.45, 7) is 5.94. The van der Waals surface area contributed by atoms with Crippen molar-refractivity contribution in [3.05, 3.63) is 71.3 Å². The van der Waals surface area contributed by atoms with Gasteiger partial charge in [-0.3, -0.25) is 0 Å². The number of hydrogen-bond donors (Lipinski definition) is 1. The molecule has 0 saturated heterocycles. The average molecular weight is 483 g/mol. The number of primary sulfonamides is 1. The first-order valence-electron chi connectivity index (χ1n) is 11.2. The maximum atomic E-state index is 11.8. The number of fused-ring (bicyclic) bond motifs is 3. The van der Waals surface area contributed by atoms with Crippen LogP contribution in [0.4, 0.5) is 5.69 Å². The van der Waals surface area contributed by atoms with Crippen LogP contribution in [0.25, 0.3) is 11.1 Å². The third kappa shape index (κ3) is 4.56. The van der Waals surface area contributed by atoms with Crippen LogP contribution in [0.3, 0.4) is 0 Å². The smallest absolute Gasteiger partial charge is 0.213 e. The van der Waals surface area contributed by atoms with Gasteiger partial charge in [-0.15, -0.1) is 0 Å². The molecule has 0 amide bonds. The number of sulfonamides is 1. The molecule has 0 fully saturated rings. The van der Waals surface area contributed by atoms with Gasteiger partial charge in [0.05, 0.1) is 20.0 Å². The van der Waals surface area contributed by atoms with Gasteiger partial charge in [-0.2, -0.15) is 0 Å². The van der Waals surface area contributed by atoms with Crippen LogP contribution in [0.5, 0.6) is 17.2 Å². The third-order valence-corrected chi connectivity index (χ3v) is 6.83. The maximum absolute atomic E-state index is 11.8. The van der Waals surface area contributed by atoms with Crippen LogP contribution in [0.1, 0.15) is 36.6 Å². The van der Waals surface area contributed by atoms with Crippen LogP contribution in [-0.2, 0) is 15.8 Å². The van der Waals surface area contributed by atoms with Crippen molar-refractivity contribution in [1.29, 1.82) is 0 Å². The molecule has 1 atom stereocenters. The fourth-order valence-corrected chi connectivity index (χ4v) is 5.19. The molecule has 3 aromatic carbocycles. The van der Waals surface area contributed by atoms with E-state index < -0.39 is 16.1 Å². The van der Waals surface area contributed by atoms with Crippen molar-refractivity contribution in [1.82, 2.24) is 0 Å². The van der Waals surface area contributed by atoms with E-state index in [9.17, 15) is 8.42 Å². The van der Waals surface area contributed by atoms with Crippen molar-refractivity contribution >= 4 is 15.7 Å². The highest BCUT2D eigenvalue weighted by Gasteiger charge is 2.31. The number of nitrogens with zero attached hydrogens (tertiary/aromatic N) is 1. The van der Waals surface area contributed by atoms with E-state index in [0.717, 1.165) is 46.8 Å². The lowest BCUT2D eigenvalue weighted by Gasteiger charge is -2.33. The number of benzene rings is 3. The third-order valence-electron chi connectivity index (χ3n) is 6.10. The van der Waals surface area contributed by atoms with E-state index in [0.29, 0.717) is 17.1 Å². The molecule has 4 rings (SSSR count). The molecular formula is C26H30N2O5S. The highest BCUT2D eigenvalue weighted by Crippen LogP contribution is 2.50. The first kappa shape index (κ1) is 23.9. The van der Waals surface area contributed by atoms with Gasteiger partial charge in [0.2, 0.25) is 10.0 Å². The Bertz CT molecular complexity index is 1300. The standard InChI is InChI=1S/C26H30N2O5S/c1-5-28(6-2)21-8-7-9-23-25(21)19-12-10-17(16-34(27,29)30)14-20(19)26(33-23)18-11-13-22(31-3)24(15-18)32-4/h7-15,26H,5-6,16H2,1-4H3,(H2,27,29,30). The number of hydrogen-bond acceptors (Lipinski definition) is 6. The van der Waals surface area contributed by atoms with Crippen molar-refractivity contribution in [3.63, 3.8) is 0 Å². The normalized spacial score (nSPS) is 14.6. The van der Waals surface area contributed by atoms with Crippen molar-refractivity contribution in [2.24, 2.45) is 5.14 Å². The summed E-state index contributed by atoms with van der Waals surface area (Å²) in [6.07, 6.45) is -0.463. The molecule has 0 radical (unpaired) electrons. The Kier molecular flexibility index (Phi) is 6.72. The van der Waals surface area contributed by atoms with E-state index in [1.54, 1.807) is 14.2 Å². The molecule has 1 unspecified atom stereocenters. The van der Waals surface area contributed by atoms with Crippen molar-refractivity contribution in [2.75, 3.05) is 32.2 Å². The molecule has 0 aliphatic carbocycles.